The van der Waals surface area contributed by atoms with Crippen molar-refractivity contribution in [3.05, 3.63) is 12.2 Å². The predicted octanol–water partition coefficient (Wildman–Crippen LogP) is 6.32. The topological polar surface area (TPSA) is 49.7 Å². The van der Waals surface area contributed by atoms with Crippen molar-refractivity contribution >= 4 is 11.7 Å². The van der Waals surface area contributed by atoms with E-state index in [-0.39, 0.29) is 0 Å². The van der Waals surface area contributed by atoms with Crippen molar-refractivity contribution in [3.8, 4) is 0 Å². The third-order valence-corrected chi connectivity index (χ3v) is 4.96. The fourth-order valence-corrected chi connectivity index (χ4v) is 3.33. The molecule has 0 saturated heterocycles. The number of hydrogen-bond acceptors (Lipinski definition) is 2. The summed E-state index contributed by atoms with van der Waals surface area (Å²) in [7, 11) is 0. The van der Waals surface area contributed by atoms with E-state index in [0.717, 1.165) is 19.4 Å². The van der Waals surface area contributed by atoms with Crippen LogP contribution >= 0.6 is 0 Å². The standard InChI is InChI=1S/C21H37NO2/c1-19(21(23)24)15-11-9-7-5-3-2-4-6-8-10-14-18-22-20-16-12-13-17-20/h1-18H2,(H,23,24). The Morgan fingerprint density at radius 3 is 1.79 bits per heavy atom. The second kappa shape index (κ2) is 14.2. The lowest BCUT2D eigenvalue weighted by Gasteiger charge is -2.03. The van der Waals surface area contributed by atoms with E-state index in [1.54, 1.807) is 0 Å². The maximum Gasteiger partial charge on any atom is 0.330 e. The van der Waals surface area contributed by atoms with E-state index in [0.29, 0.717) is 12.0 Å². The molecule has 0 aromatic rings. The molecule has 0 atom stereocenters. The quantitative estimate of drug-likeness (QED) is 0.281. The molecule has 24 heavy (non-hydrogen) atoms. The van der Waals surface area contributed by atoms with Gasteiger partial charge in [-0.15, -0.1) is 0 Å². The van der Waals surface area contributed by atoms with Crippen LogP contribution in [0.5, 0.6) is 0 Å². The van der Waals surface area contributed by atoms with Gasteiger partial charge in [-0.1, -0.05) is 64.4 Å². The summed E-state index contributed by atoms with van der Waals surface area (Å²) in [5, 5.41) is 8.72. The molecule has 138 valence electrons. The first-order valence-electron chi connectivity index (χ1n) is 10.1. The maximum absolute atomic E-state index is 10.6. The molecule has 0 aromatic carbocycles. The van der Waals surface area contributed by atoms with Gasteiger partial charge in [0.2, 0.25) is 0 Å². The van der Waals surface area contributed by atoms with Crippen molar-refractivity contribution in [1.82, 2.24) is 0 Å². The van der Waals surface area contributed by atoms with E-state index in [4.69, 9.17) is 10.1 Å². The van der Waals surface area contributed by atoms with Gasteiger partial charge in [-0.25, -0.2) is 4.79 Å². The summed E-state index contributed by atoms with van der Waals surface area (Å²) in [4.78, 5) is 15.3. The second-order valence-electron chi connectivity index (χ2n) is 7.20. The van der Waals surface area contributed by atoms with Crippen LogP contribution in [0.1, 0.15) is 103 Å². The van der Waals surface area contributed by atoms with Gasteiger partial charge in [-0.3, -0.25) is 4.99 Å². The Labute approximate surface area is 148 Å². The molecule has 0 aliphatic heterocycles. The number of rotatable bonds is 15. The van der Waals surface area contributed by atoms with Crippen LogP contribution in [0, 0.1) is 0 Å². The first-order valence-corrected chi connectivity index (χ1v) is 10.1. The number of carboxylic acids is 1. The molecule has 0 aromatic heterocycles. The summed E-state index contributed by atoms with van der Waals surface area (Å²) < 4.78 is 0. The molecule has 1 N–H and O–H groups in total. The van der Waals surface area contributed by atoms with Crippen LogP contribution in [0.25, 0.3) is 0 Å². The minimum Gasteiger partial charge on any atom is -0.478 e. The lowest BCUT2D eigenvalue weighted by atomic mass is 10.0. The molecule has 3 heteroatoms. The zero-order valence-electron chi connectivity index (χ0n) is 15.5. The largest absolute Gasteiger partial charge is 0.478 e. The zero-order chi connectivity index (χ0) is 17.5. The van der Waals surface area contributed by atoms with E-state index < -0.39 is 5.97 Å². The van der Waals surface area contributed by atoms with Gasteiger partial charge < -0.3 is 5.11 Å². The summed E-state index contributed by atoms with van der Waals surface area (Å²) in [6.45, 7) is 4.62. The molecule has 3 nitrogen and oxygen atoms in total. The zero-order valence-corrected chi connectivity index (χ0v) is 15.5. The Kier molecular flexibility index (Phi) is 12.4. The highest BCUT2D eigenvalue weighted by molar-refractivity contribution is 5.86. The predicted molar refractivity (Wildman–Crippen MR) is 103 cm³/mol. The van der Waals surface area contributed by atoms with Crippen LogP contribution in [-0.2, 0) is 4.79 Å². The Morgan fingerprint density at radius 1 is 0.833 bits per heavy atom. The molecule has 0 bridgehead atoms. The van der Waals surface area contributed by atoms with Crippen molar-refractivity contribution in [3.63, 3.8) is 0 Å². The minimum atomic E-state index is -0.846. The van der Waals surface area contributed by atoms with Crippen LogP contribution < -0.4 is 0 Å². The number of hydrogen-bond donors (Lipinski definition) is 1. The Bertz CT molecular complexity index is 379. The van der Waals surface area contributed by atoms with Gasteiger partial charge in [0.15, 0.2) is 0 Å². The molecule has 1 saturated carbocycles. The van der Waals surface area contributed by atoms with Crippen molar-refractivity contribution in [1.29, 1.82) is 0 Å². The van der Waals surface area contributed by atoms with Crippen molar-refractivity contribution in [2.75, 3.05) is 6.54 Å². The minimum absolute atomic E-state index is 0.352. The SMILES string of the molecule is C=C(CCCCCCCCCCCCCN=C1CCCC1)C(=O)O. The van der Waals surface area contributed by atoms with E-state index >= 15 is 0 Å². The number of unbranched alkanes of at least 4 members (excludes halogenated alkanes) is 10. The van der Waals surface area contributed by atoms with Crippen molar-refractivity contribution in [2.45, 2.75) is 103 Å². The summed E-state index contributed by atoms with van der Waals surface area (Å²) in [6, 6.07) is 0. The van der Waals surface area contributed by atoms with E-state index in [9.17, 15) is 4.79 Å². The second-order valence-corrected chi connectivity index (χ2v) is 7.20. The highest BCUT2D eigenvalue weighted by Crippen LogP contribution is 2.16. The molecule has 1 rings (SSSR count). The lowest BCUT2D eigenvalue weighted by Crippen LogP contribution is -1.98. The molecule has 1 fully saturated rings. The number of carbonyl (C=O) groups is 1. The normalized spacial score (nSPS) is 14.1. The molecule has 0 heterocycles. The first-order chi connectivity index (χ1) is 11.7. The number of aliphatic carboxylic acids is 1. The summed E-state index contributed by atoms with van der Waals surface area (Å²) >= 11 is 0. The molecule has 1 aliphatic rings. The van der Waals surface area contributed by atoms with Gasteiger partial charge in [0.1, 0.15) is 0 Å². The van der Waals surface area contributed by atoms with Gasteiger partial charge in [0.05, 0.1) is 0 Å². The Balaban J connectivity index is 1.74. The molecule has 0 spiro atoms. The Morgan fingerprint density at radius 2 is 1.29 bits per heavy atom. The highest BCUT2D eigenvalue weighted by Gasteiger charge is 2.06. The van der Waals surface area contributed by atoms with Crippen molar-refractivity contribution < 1.29 is 9.90 Å². The molecule has 1 aliphatic carbocycles. The van der Waals surface area contributed by atoms with Crippen LogP contribution in [0.15, 0.2) is 17.1 Å². The molecular formula is C21H37NO2. The van der Waals surface area contributed by atoms with Gasteiger partial charge in [0, 0.05) is 17.8 Å². The fraction of sp³-hybridized carbons (Fsp3) is 0.810. The summed E-state index contributed by atoms with van der Waals surface area (Å²) in [6.07, 6.45) is 19.9. The molecule has 0 radical (unpaired) electrons. The molecule has 0 amide bonds. The third kappa shape index (κ3) is 11.4. The van der Waals surface area contributed by atoms with Gasteiger partial charge in [-0.2, -0.15) is 0 Å². The van der Waals surface area contributed by atoms with Crippen LogP contribution in [0.2, 0.25) is 0 Å². The van der Waals surface area contributed by atoms with Crippen LogP contribution in [0.3, 0.4) is 0 Å². The van der Waals surface area contributed by atoms with Crippen LogP contribution in [-0.4, -0.2) is 23.3 Å². The monoisotopic (exact) mass is 335 g/mol. The summed E-state index contributed by atoms with van der Waals surface area (Å²) in [5.41, 5.74) is 1.83. The van der Waals surface area contributed by atoms with Gasteiger partial charge in [-0.05, 0) is 44.9 Å². The average molecular weight is 336 g/mol. The fourth-order valence-electron chi connectivity index (χ4n) is 3.33. The lowest BCUT2D eigenvalue weighted by molar-refractivity contribution is -0.132. The average Bonchev–Trinajstić information content (AvgIpc) is 3.08. The van der Waals surface area contributed by atoms with Gasteiger partial charge in [0.25, 0.3) is 0 Å². The van der Waals surface area contributed by atoms with E-state index in [1.807, 2.05) is 0 Å². The molecular weight excluding hydrogens is 298 g/mol. The smallest absolute Gasteiger partial charge is 0.330 e. The number of carboxylic acid groups (broad SMARTS) is 1. The maximum atomic E-state index is 10.6. The summed E-state index contributed by atoms with van der Waals surface area (Å²) in [5.74, 6) is -0.846. The highest BCUT2D eigenvalue weighted by atomic mass is 16.4. The molecule has 0 unspecified atom stereocenters. The van der Waals surface area contributed by atoms with Gasteiger partial charge >= 0.3 is 5.97 Å². The van der Waals surface area contributed by atoms with E-state index in [1.165, 1.54) is 89.2 Å². The number of aliphatic imine (C=N–C) groups is 1. The van der Waals surface area contributed by atoms with Crippen LogP contribution in [0.4, 0.5) is 0 Å². The number of nitrogens with zero attached hydrogens (tertiary/aromatic N) is 1. The third-order valence-electron chi connectivity index (χ3n) is 4.96. The first kappa shape index (κ1) is 20.9. The Hall–Kier alpha value is -1.12. The van der Waals surface area contributed by atoms with E-state index in [2.05, 4.69) is 6.58 Å². The van der Waals surface area contributed by atoms with Crippen molar-refractivity contribution in [2.24, 2.45) is 4.99 Å².